The third-order valence-corrected chi connectivity index (χ3v) is 3.69. The molecule has 0 bridgehead atoms. The van der Waals surface area contributed by atoms with Crippen molar-refractivity contribution >= 4 is 17.0 Å². The van der Waals surface area contributed by atoms with Gasteiger partial charge in [0.05, 0.1) is 18.0 Å². The van der Waals surface area contributed by atoms with Crippen molar-refractivity contribution < 1.29 is 4.42 Å². The molecule has 26 heavy (non-hydrogen) atoms. The number of aromatic nitrogens is 1. The van der Waals surface area contributed by atoms with Gasteiger partial charge in [0.2, 0.25) is 0 Å². The van der Waals surface area contributed by atoms with E-state index in [1.54, 1.807) is 12.5 Å². The van der Waals surface area contributed by atoms with Crippen LogP contribution in [0.15, 0.2) is 65.5 Å². The first-order valence-electron chi connectivity index (χ1n) is 8.73. The van der Waals surface area contributed by atoms with E-state index in [1.807, 2.05) is 18.2 Å². The molecular formula is C24H33NO. The summed E-state index contributed by atoms with van der Waals surface area (Å²) in [4.78, 5) is 4.65. The van der Waals surface area contributed by atoms with Gasteiger partial charge in [0, 0.05) is 22.1 Å². The zero-order valence-corrected chi connectivity index (χ0v) is 16.2. The highest BCUT2D eigenvalue weighted by Crippen LogP contribution is 2.22. The molecule has 1 aromatic carbocycles. The van der Waals surface area contributed by atoms with Crippen LogP contribution in [0, 0.1) is 5.41 Å². The molecule has 0 aliphatic heterocycles. The van der Waals surface area contributed by atoms with Crippen molar-refractivity contribution in [1.82, 2.24) is 4.98 Å². The standard InChI is InChI=1S/C13H15N.C10H14O.CH4/c1-13(2,3)12-9-8-10-6-4-5-7-11(10)14-12;1-10(2,3)6-4-9-5-7-11-8-9;/h4-9H,1-3H3;4-8H,1-3H3;1H4/b;6-4+;. The normalized spacial score (nSPS) is 11.8. The minimum Gasteiger partial charge on any atom is -0.472 e. The van der Waals surface area contributed by atoms with Crippen molar-refractivity contribution in [3.8, 4) is 0 Å². The number of fused-ring (bicyclic) bond motifs is 1. The number of hydrogen-bond donors (Lipinski definition) is 0. The summed E-state index contributed by atoms with van der Waals surface area (Å²) in [7, 11) is 0. The van der Waals surface area contributed by atoms with Crippen LogP contribution in [0.3, 0.4) is 0 Å². The summed E-state index contributed by atoms with van der Waals surface area (Å²) in [6.07, 6.45) is 7.66. The minimum absolute atomic E-state index is 0. The molecule has 0 aliphatic rings. The SMILES string of the molecule is C.CC(C)(C)/C=C/c1ccoc1.CC(C)(C)c1ccc2ccccc2n1. The fourth-order valence-corrected chi connectivity index (χ4v) is 2.20. The molecule has 0 aliphatic carbocycles. The van der Waals surface area contributed by atoms with Gasteiger partial charge in [-0.1, -0.05) is 85.4 Å². The molecule has 2 aromatic heterocycles. The Morgan fingerprint density at radius 2 is 1.58 bits per heavy atom. The Bertz CT molecular complexity index is 815. The number of para-hydroxylation sites is 1. The summed E-state index contributed by atoms with van der Waals surface area (Å²) in [5, 5.41) is 1.21. The lowest BCUT2D eigenvalue weighted by Crippen LogP contribution is -2.13. The first-order chi connectivity index (χ1) is 11.6. The summed E-state index contributed by atoms with van der Waals surface area (Å²) in [5.74, 6) is 0. The van der Waals surface area contributed by atoms with Crippen LogP contribution in [0.4, 0.5) is 0 Å². The number of benzene rings is 1. The summed E-state index contributed by atoms with van der Waals surface area (Å²) >= 11 is 0. The van der Waals surface area contributed by atoms with Crippen LogP contribution in [-0.4, -0.2) is 4.98 Å². The van der Waals surface area contributed by atoms with Gasteiger partial charge in [0.25, 0.3) is 0 Å². The molecule has 140 valence electrons. The maximum atomic E-state index is 4.93. The first kappa shape index (κ1) is 21.7. The molecule has 2 nitrogen and oxygen atoms in total. The van der Waals surface area contributed by atoms with Crippen molar-refractivity contribution in [2.24, 2.45) is 5.41 Å². The second-order valence-corrected chi connectivity index (χ2v) is 8.40. The number of hydrogen-bond acceptors (Lipinski definition) is 2. The molecule has 0 radical (unpaired) electrons. The molecule has 0 N–H and O–H groups in total. The van der Waals surface area contributed by atoms with Crippen LogP contribution in [-0.2, 0) is 5.41 Å². The van der Waals surface area contributed by atoms with Gasteiger partial charge in [-0.25, -0.2) is 0 Å². The molecule has 3 aromatic rings. The molecule has 2 heterocycles. The van der Waals surface area contributed by atoms with E-state index >= 15 is 0 Å². The van der Waals surface area contributed by atoms with Crippen molar-refractivity contribution in [3.05, 3.63) is 72.3 Å². The Labute approximate surface area is 159 Å². The number of rotatable bonds is 1. The van der Waals surface area contributed by atoms with Gasteiger partial charge < -0.3 is 4.42 Å². The van der Waals surface area contributed by atoms with Crippen molar-refractivity contribution in [2.45, 2.75) is 54.4 Å². The van der Waals surface area contributed by atoms with Gasteiger partial charge in [-0.05, 0) is 23.6 Å². The zero-order valence-electron chi connectivity index (χ0n) is 16.2. The summed E-state index contributed by atoms with van der Waals surface area (Å²) in [6.45, 7) is 13.1. The maximum Gasteiger partial charge on any atom is 0.0974 e. The molecule has 0 unspecified atom stereocenters. The largest absolute Gasteiger partial charge is 0.472 e. The Morgan fingerprint density at radius 3 is 2.15 bits per heavy atom. The van der Waals surface area contributed by atoms with E-state index in [0.717, 1.165) is 16.8 Å². The van der Waals surface area contributed by atoms with Crippen molar-refractivity contribution in [2.75, 3.05) is 0 Å². The van der Waals surface area contributed by atoms with Crippen LogP contribution in [0.5, 0.6) is 0 Å². The second kappa shape index (κ2) is 8.84. The Morgan fingerprint density at radius 1 is 0.885 bits per heavy atom. The molecule has 0 amide bonds. The third kappa shape index (κ3) is 6.87. The van der Waals surface area contributed by atoms with E-state index in [-0.39, 0.29) is 18.3 Å². The molecule has 0 saturated heterocycles. The number of furan rings is 1. The van der Waals surface area contributed by atoms with Gasteiger partial charge in [-0.2, -0.15) is 0 Å². The van der Waals surface area contributed by atoms with Crippen molar-refractivity contribution in [3.63, 3.8) is 0 Å². The highest BCUT2D eigenvalue weighted by atomic mass is 16.3. The van der Waals surface area contributed by atoms with Crippen LogP contribution in [0.1, 0.15) is 60.2 Å². The molecule has 0 atom stereocenters. The minimum atomic E-state index is 0. The third-order valence-electron chi connectivity index (χ3n) is 3.69. The first-order valence-corrected chi connectivity index (χ1v) is 8.73. The predicted octanol–water partition coefficient (Wildman–Crippen LogP) is 7.51. The van der Waals surface area contributed by atoms with Gasteiger partial charge in [-0.3, -0.25) is 4.98 Å². The molecule has 0 spiro atoms. The van der Waals surface area contributed by atoms with E-state index in [1.165, 1.54) is 5.39 Å². The molecule has 0 fully saturated rings. The van der Waals surface area contributed by atoms with E-state index in [0.29, 0.717) is 0 Å². The number of pyridine rings is 1. The van der Waals surface area contributed by atoms with Crippen LogP contribution in [0.25, 0.3) is 17.0 Å². The topological polar surface area (TPSA) is 26.0 Å². The monoisotopic (exact) mass is 351 g/mol. The van der Waals surface area contributed by atoms with E-state index in [2.05, 4.69) is 82.9 Å². The Hall–Kier alpha value is -2.35. The highest BCUT2D eigenvalue weighted by Gasteiger charge is 2.15. The lowest BCUT2D eigenvalue weighted by molar-refractivity contribution is 0.546. The fraction of sp³-hybridized carbons (Fsp3) is 0.375. The van der Waals surface area contributed by atoms with Crippen LogP contribution >= 0.6 is 0 Å². The number of nitrogens with zero attached hydrogens (tertiary/aromatic N) is 1. The van der Waals surface area contributed by atoms with Gasteiger partial charge in [0.1, 0.15) is 0 Å². The summed E-state index contributed by atoms with van der Waals surface area (Å²) in [6, 6.07) is 14.4. The lowest BCUT2D eigenvalue weighted by Gasteiger charge is -2.17. The molecule has 3 rings (SSSR count). The van der Waals surface area contributed by atoms with Gasteiger partial charge in [0.15, 0.2) is 0 Å². The second-order valence-electron chi connectivity index (χ2n) is 8.40. The lowest BCUT2D eigenvalue weighted by atomic mass is 9.91. The van der Waals surface area contributed by atoms with Gasteiger partial charge in [-0.15, -0.1) is 0 Å². The smallest absolute Gasteiger partial charge is 0.0974 e. The van der Waals surface area contributed by atoms with E-state index in [4.69, 9.17) is 4.42 Å². The van der Waals surface area contributed by atoms with Crippen molar-refractivity contribution in [1.29, 1.82) is 0 Å². The average Bonchev–Trinajstić information content (AvgIpc) is 3.05. The van der Waals surface area contributed by atoms with E-state index < -0.39 is 0 Å². The van der Waals surface area contributed by atoms with Crippen LogP contribution in [0.2, 0.25) is 0 Å². The molecule has 2 heteroatoms. The molecular weight excluding hydrogens is 318 g/mol. The molecule has 0 saturated carbocycles. The Balaban J connectivity index is 0.000000258. The summed E-state index contributed by atoms with van der Waals surface area (Å²) < 4.78 is 4.93. The number of allylic oxidation sites excluding steroid dienone is 1. The maximum absolute atomic E-state index is 4.93. The van der Waals surface area contributed by atoms with Gasteiger partial charge >= 0.3 is 0 Å². The zero-order chi connectivity index (χ0) is 18.5. The van der Waals surface area contributed by atoms with Crippen LogP contribution < -0.4 is 0 Å². The average molecular weight is 352 g/mol. The highest BCUT2D eigenvalue weighted by molar-refractivity contribution is 5.78. The summed E-state index contributed by atoms with van der Waals surface area (Å²) in [5.41, 5.74) is 3.73. The fourth-order valence-electron chi connectivity index (χ4n) is 2.20. The van der Waals surface area contributed by atoms with E-state index in [9.17, 15) is 0 Å². The predicted molar refractivity (Wildman–Crippen MR) is 114 cm³/mol. The Kier molecular flexibility index (Phi) is 7.38. The quantitative estimate of drug-likeness (QED) is 0.453.